The standard InChI is InChI=1S/C13H25NO2/c1-3-11(2)10-13(16)14-7-4-12(5-8-14)6-9-15/h11-12,15H,3-10H2,1-2H3/t11-/m0/s1. The van der Waals surface area contributed by atoms with Gasteiger partial charge in [0.05, 0.1) is 0 Å². The van der Waals surface area contributed by atoms with Crippen molar-refractivity contribution < 1.29 is 9.90 Å². The smallest absolute Gasteiger partial charge is 0.222 e. The van der Waals surface area contributed by atoms with E-state index in [0.717, 1.165) is 38.8 Å². The lowest BCUT2D eigenvalue weighted by molar-refractivity contribution is -0.133. The Bertz CT molecular complexity index is 210. The van der Waals surface area contributed by atoms with Gasteiger partial charge in [-0.2, -0.15) is 0 Å². The summed E-state index contributed by atoms with van der Waals surface area (Å²) in [5.74, 6) is 1.44. The topological polar surface area (TPSA) is 40.5 Å². The van der Waals surface area contributed by atoms with E-state index in [1.807, 2.05) is 4.90 Å². The highest BCUT2D eigenvalue weighted by atomic mass is 16.3. The maximum Gasteiger partial charge on any atom is 0.222 e. The number of carbonyl (C=O) groups excluding carboxylic acids is 1. The van der Waals surface area contributed by atoms with E-state index >= 15 is 0 Å². The molecule has 0 aromatic heterocycles. The summed E-state index contributed by atoms with van der Waals surface area (Å²) < 4.78 is 0. The number of amides is 1. The average molecular weight is 227 g/mol. The third-order valence-corrected chi connectivity index (χ3v) is 3.72. The lowest BCUT2D eigenvalue weighted by atomic mass is 9.93. The third-order valence-electron chi connectivity index (χ3n) is 3.72. The van der Waals surface area contributed by atoms with Crippen LogP contribution >= 0.6 is 0 Å². The van der Waals surface area contributed by atoms with Crippen LogP contribution in [0.5, 0.6) is 0 Å². The normalized spacial score (nSPS) is 19.8. The highest BCUT2D eigenvalue weighted by Crippen LogP contribution is 2.21. The van der Waals surface area contributed by atoms with Crippen LogP contribution in [-0.2, 0) is 4.79 Å². The lowest BCUT2D eigenvalue weighted by Gasteiger charge is -2.32. The fourth-order valence-corrected chi connectivity index (χ4v) is 2.23. The van der Waals surface area contributed by atoms with E-state index in [2.05, 4.69) is 13.8 Å². The van der Waals surface area contributed by atoms with Gasteiger partial charge < -0.3 is 10.0 Å². The highest BCUT2D eigenvalue weighted by molar-refractivity contribution is 5.76. The zero-order valence-electron chi connectivity index (χ0n) is 10.6. The third kappa shape index (κ3) is 4.12. The minimum Gasteiger partial charge on any atom is -0.396 e. The largest absolute Gasteiger partial charge is 0.396 e. The van der Waals surface area contributed by atoms with Crippen LogP contribution in [0.15, 0.2) is 0 Å². The second kappa shape index (κ2) is 6.89. The van der Waals surface area contributed by atoms with Crippen molar-refractivity contribution in [2.24, 2.45) is 11.8 Å². The number of nitrogens with zero attached hydrogens (tertiary/aromatic N) is 1. The summed E-state index contributed by atoms with van der Waals surface area (Å²) >= 11 is 0. The van der Waals surface area contributed by atoms with Crippen LogP contribution < -0.4 is 0 Å². The Morgan fingerprint density at radius 2 is 2.06 bits per heavy atom. The molecule has 1 heterocycles. The minimum absolute atomic E-state index is 0.283. The van der Waals surface area contributed by atoms with Crippen molar-refractivity contribution in [1.29, 1.82) is 0 Å². The fourth-order valence-electron chi connectivity index (χ4n) is 2.23. The first-order valence-electron chi connectivity index (χ1n) is 6.56. The van der Waals surface area contributed by atoms with Crippen LogP contribution in [0.1, 0.15) is 46.0 Å². The number of likely N-dealkylation sites (tertiary alicyclic amines) is 1. The Morgan fingerprint density at radius 3 is 2.56 bits per heavy atom. The van der Waals surface area contributed by atoms with Crippen molar-refractivity contribution in [2.45, 2.75) is 46.0 Å². The van der Waals surface area contributed by atoms with E-state index in [0.29, 0.717) is 24.2 Å². The molecule has 0 spiro atoms. The van der Waals surface area contributed by atoms with Gasteiger partial charge in [-0.05, 0) is 31.1 Å². The number of hydrogen-bond acceptors (Lipinski definition) is 2. The van der Waals surface area contributed by atoms with Crippen molar-refractivity contribution in [3.05, 3.63) is 0 Å². The van der Waals surface area contributed by atoms with E-state index < -0.39 is 0 Å². The molecule has 0 aromatic rings. The van der Waals surface area contributed by atoms with Crippen LogP contribution in [-0.4, -0.2) is 35.6 Å². The summed E-state index contributed by atoms with van der Waals surface area (Å²) in [6.07, 6.45) is 4.79. The Morgan fingerprint density at radius 1 is 1.44 bits per heavy atom. The molecule has 0 saturated carbocycles. The molecule has 0 aliphatic carbocycles. The number of hydrogen-bond donors (Lipinski definition) is 1. The van der Waals surface area contributed by atoms with Crippen molar-refractivity contribution in [2.75, 3.05) is 19.7 Å². The summed E-state index contributed by atoms with van der Waals surface area (Å²) in [5, 5.41) is 8.86. The van der Waals surface area contributed by atoms with Crippen molar-refractivity contribution in [3.8, 4) is 0 Å². The van der Waals surface area contributed by atoms with Crippen LogP contribution in [0, 0.1) is 11.8 Å². The van der Waals surface area contributed by atoms with E-state index in [4.69, 9.17) is 5.11 Å². The molecule has 1 atom stereocenters. The second-order valence-electron chi connectivity index (χ2n) is 5.05. The molecule has 0 radical (unpaired) electrons. The molecule has 1 fully saturated rings. The van der Waals surface area contributed by atoms with Crippen molar-refractivity contribution >= 4 is 5.91 Å². The first-order valence-corrected chi connectivity index (χ1v) is 6.56. The van der Waals surface area contributed by atoms with E-state index in [1.54, 1.807) is 0 Å². The van der Waals surface area contributed by atoms with Gasteiger partial charge in [-0.15, -0.1) is 0 Å². The maximum absolute atomic E-state index is 11.9. The molecule has 0 unspecified atom stereocenters. The zero-order chi connectivity index (χ0) is 12.0. The molecule has 1 amide bonds. The van der Waals surface area contributed by atoms with E-state index in [9.17, 15) is 4.79 Å². The van der Waals surface area contributed by atoms with Crippen LogP contribution in [0.3, 0.4) is 0 Å². The molecule has 1 N–H and O–H groups in total. The van der Waals surface area contributed by atoms with Crippen LogP contribution in [0.4, 0.5) is 0 Å². The molecule has 16 heavy (non-hydrogen) atoms. The number of rotatable bonds is 5. The van der Waals surface area contributed by atoms with Crippen molar-refractivity contribution in [1.82, 2.24) is 4.90 Å². The molecule has 94 valence electrons. The van der Waals surface area contributed by atoms with Crippen LogP contribution in [0.25, 0.3) is 0 Å². The summed E-state index contributed by atoms with van der Waals surface area (Å²) in [5.41, 5.74) is 0. The highest BCUT2D eigenvalue weighted by Gasteiger charge is 2.22. The molecule has 0 aromatic carbocycles. The predicted molar refractivity (Wildman–Crippen MR) is 65.1 cm³/mol. The number of aliphatic hydroxyl groups excluding tert-OH is 1. The first kappa shape index (κ1) is 13.5. The molecule has 1 saturated heterocycles. The summed E-state index contributed by atoms with van der Waals surface area (Å²) in [7, 11) is 0. The quantitative estimate of drug-likeness (QED) is 0.781. The van der Waals surface area contributed by atoms with Gasteiger partial charge in [0.25, 0.3) is 0 Å². The molecule has 3 nitrogen and oxygen atoms in total. The van der Waals surface area contributed by atoms with E-state index in [-0.39, 0.29) is 6.61 Å². The van der Waals surface area contributed by atoms with Gasteiger partial charge in [-0.25, -0.2) is 0 Å². The summed E-state index contributed by atoms with van der Waals surface area (Å²) in [6, 6.07) is 0. The van der Waals surface area contributed by atoms with Crippen molar-refractivity contribution in [3.63, 3.8) is 0 Å². The van der Waals surface area contributed by atoms with Gasteiger partial charge in [-0.3, -0.25) is 4.79 Å². The molecule has 1 aliphatic rings. The van der Waals surface area contributed by atoms with Crippen LogP contribution in [0.2, 0.25) is 0 Å². The molecular weight excluding hydrogens is 202 g/mol. The first-order chi connectivity index (χ1) is 7.67. The summed E-state index contributed by atoms with van der Waals surface area (Å²) in [4.78, 5) is 13.9. The van der Waals surface area contributed by atoms with Gasteiger partial charge in [-0.1, -0.05) is 20.3 Å². The monoisotopic (exact) mass is 227 g/mol. The molecule has 1 aliphatic heterocycles. The summed E-state index contributed by atoms with van der Waals surface area (Å²) in [6.45, 7) is 6.33. The van der Waals surface area contributed by atoms with Gasteiger partial charge in [0.15, 0.2) is 0 Å². The zero-order valence-corrected chi connectivity index (χ0v) is 10.6. The maximum atomic E-state index is 11.9. The Hall–Kier alpha value is -0.570. The van der Waals surface area contributed by atoms with Gasteiger partial charge in [0.1, 0.15) is 0 Å². The molecule has 3 heteroatoms. The van der Waals surface area contributed by atoms with Gasteiger partial charge in [0, 0.05) is 26.1 Å². The number of piperidine rings is 1. The Balaban J connectivity index is 2.27. The minimum atomic E-state index is 0.283. The average Bonchev–Trinajstić information content (AvgIpc) is 2.30. The lowest BCUT2D eigenvalue weighted by Crippen LogP contribution is -2.39. The van der Waals surface area contributed by atoms with Gasteiger partial charge in [0.2, 0.25) is 5.91 Å². The number of aliphatic hydroxyl groups is 1. The SMILES string of the molecule is CC[C@H](C)CC(=O)N1CCC(CCO)CC1. The molecule has 1 rings (SSSR count). The predicted octanol–water partition coefficient (Wildman–Crippen LogP) is 2.04. The second-order valence-corrected chi connectivity index (χ2v) is 5.05. The number of carbonyl (C=O) groups is 1. The molecular formula is C13H25NO2. The Kier molecular flexibility index (Phi) is 5.81. The van der Waals surface area contributed by atoms with Gasteiger partial charge >= 0.3 is 0 Å². The Labute approximate surface area is 98.8 Å². The fraction of sp³-hybridized carbons (Fsp3) is 0.923. The van der Waals surface area contributed by atoms with E-state index in [1.165, 1.54) is 0 Å². The molecule has 0 bridgehead atoms.